The Kier molecular flexibility index (Phi) is 31.1. The van der Waals surface area contributed by atoms with Crippen LogP contribution in [0.4, 0.5) is 0 Å². The zero-order chi connectivity index (χ0) is 44.5. The van der Waals surface area contributed by atoms with Crippen LogP contribution in [0.1, 0.15) is 158 Å². The quantitative estimate of drug-likeness (QED) is 0.0226. The van der Waals surface area contributed by atoms with Crippen LogP contribution in [0, 0.1) is 13.8 Å². The Labute approximate surface area is 363 Å². The van der Waals surface area contributed by atoms with Gasteiger partial charge in [0.15, 0.2) is 6.10 Å². The molecule has 60 heavy (non-hydrogen) atoms. The number of furan rings is 1. The highest BCUT2D eigenvalue weighted by atomic mass is 31.2. The Morgan fingerprint density at radius 2 is 1.23 bits per heavy atom. The highest BCUT2D eigenvalue weighted by Crippen LogP contribution is 2.38. The van der Waals surface area contributed by atoms with Crippen LogP contribution in [0.3, 0.4) is 0 Å². The molecule has 3 atom stereocenters. The van der Waals surface area contributed by atoms with E-state index >= 15 is 0 Å². The first-order chi connectivity index (χ1) is 28.6. The molecule has 0 saturated heterocycles. The molecule has 0 aliphatic rings. The van der Waals surface area contributed by atoms with Gasteiger partial charge in [0.1, 0.15) is 31.3 Å². The van der Waals surface area contributed by atoms with Gasteiger partial charge in [0.05, 0.1) is 33.9 Å². The van der Waals surface area contributed by atoms with Gasteiger partial charge in [-0.3, -0.25) is 14.2 Å². The van der Waals surface area contributed by atoms with E-state index in [4.69, 9.17) is 22.9 Å². The second-order valence-electron chi connectivity index (χ2n) is 16.9. The fourth-order valence-corrected chi connectivity index (χ4v) is 6.92. The Hall–Kier alpha value is -2.79. The molecule has 344 valence electrons. The number of phosphoric ester groups is 1. The number of carbonyl (C=O) groups excluding carboxylic acids is 2. The van der Waals surface area contributed by atoms with Crippen molar-refractivity contribution in [3.8, 4) is 0 Å². The zero-order valence-electron chi connectivity index (χ0n) is 38.5. The molecule has 0 aromatic carbocycles. The van der Waals surface area contributed by atoms with Crippen molar-refractivity contribution in [2.24, 2.45) is 0 Å². The van der Waals surface area contributed by atoms with Crippen molar-refractivity contribution < 1.29 is 51.6 Å². The molecular formula is C48H82NO10P. The standard InChI is InChI=1S/C48H82NO10P/c1-8-9-27-33-45-42(3)43(4)46(59-45)34-29-24-21-22-25-30-35-47(51)55-39-44(40-57-60(53,54)56-38-37-49(5,6)7)58-48(52)36-31-26-20-18-16-14-12-10-11-13-15-17-19-23-28-32-41(2)50/h11-14,17-20,41,44,50H,8-10,15-16,21-40H2,1-7H3/b13-11-,14-12-,19-17-,20-18-/t41-,44+/m0/s1. The van der Waals surface area contributed by atoms with Gasteiger partial charge in [-0.1, -0.05) is 94.1 Å². The summed E-state index contributed by atoms with van der Waals surface area (Å²) < 4.78 is 40.1. The van der Waals surface area contributed by atoms with Gasteiger partial charge < -0.3 is 37.4 Å². The van der Waals surface area contributed by atoms with E-state index in [0.29, 0.717) is 30.3 Å². The van der Waals surface area contributed by atoms with Crippen LogP contribution in [0.15, 0.2) is 53.0 Å². The van der Waals surface area contributed by atoms with Crippen LogP contribution in [0.2, 0.25) is 0 Å². The summed E-state index contributed by atoms with van der Waals surface area (Å²) in [6, 6.07) is 0. The second kappa shape index (κ2) is 33.8. The molecular weight excluding hydrogens is 781 g/mol. The van der Waals surface area contributed by atoms with Crippen molar-refractivity contribution in [1.29, 1.82) is 0 Å². The normalized spacial score (nSPS) is 14.5. The molecule has 0 spiro atoms. The van der Waals surface area contributed by atoms with Crippen molar-refractivity contribution in [3.05, 3.63) is 71.3 Å². The monoisotopic (exact) mass is 864 g/mol. The highest BCUT2D eigenvalue weighted by molar-refractivity contribution is 7.45. The summed E-state index contributed by atoms with van der Waals surface area (Å²) in [5, 5.41) is 9.29. The van der Waals surface area contributed by atoms with Crippen molar-refractivity contribution >= 4 is 19.8 Å². The van der Waals surface area contributed by atoms with Crippen molar-refractivity contribution in [2.45, 2.75) is 175 Å². The summed E-state index contributed by atoms with van der Waals surface area (Å²) in [6.45, 7) is 7.93. The fourth-order valence-electron chi connectivity index (χ4n) is 6.20. The van der Waals surface area contributed by atoms with Crippen LogP contribution in [-0.4, -0.2) is 81.2 Å². The average Bonchev–Trinajstić information content (AvgIpc) is 3.45. The van der Waals surface area contributed by atoms with Crippen LogP contribution in [0.5, 0.6) is 0 Å². The minimum Gasteiger partial charge on any atom is -0.756 e. The Balaban J connectivity index is 2.41. The van der Waals surface area contributed by atoms with E-state index in [2.05, 4.69) is 63.3 Å². The zero-order valence-corrected chi connectivity index (χ0v) is 39.4. The van der Waals surface area contributed by atoms with Gasteiger partial charge in [0.25, 0.3) is 7.82 Å². The number of ether oxygens (including phenoxy) is 2. The first-order valence-corrected chi connectivity index (χ1v) is 24.2. The number of nitrogens with zero attached hydrogens (tertiary/aromatic N) is 1. The number of likely N-dealkylation sites (N-methyl/N-ethyl adjacent to an activating group) is 1. The number of aryl methyl sites for hydroxylation is 2. The highest BCUT2D eigenvalue weighted by Gasteiger charge is 2.22. The lowest BCUT2D eigenvalue weighted by molar-refractivity contribution is -0.870. The lowest BCUT2D eigenvalue weighted by Crippen LogP contribution is -2.37. The number of quaternary nitrogens is 1. The van der Waals surface area contributed by atoms with E-state index in [9.17, 15) is 24.2 Å². The third-order valence-electron chi connectivity index (χ3n) is 10.1. The molecule has 0 aliphatic heterocycles. The number of allylic oxidation sites excluding steroid dienone is 8. The molecule has 1 N–H and O–H groups in total. The fraction of sp³-hybridized carbons (Fsp3) is 0.708. The summed E-state index contributed by atoms with van der Waals surface area (Å²) in [5.74, 6) is 1.31. The molecule has 0 amide bonds. The maximum atomic E-state index is 12.7. The molecule has 0 bridgehead atoms. The summed E-state index contributed by atoms with van der Waals surface area (Å²) >= 11 is 0. The number of phosphoric acid groups is 1. The largest absolute Gasteiger partial charge is 0.756 e. The summed E-state index contributed by atoms with van der Waals surface area (Å²) in [4.78, 5) is 37.7. The minimum absolute atomic E-state index is 0.0569. The van der Waals surface area contributed by atoms with Gasteiger partial charge in [-0.25, -0.2) is 0 Å². The van der Waals surface area contributed by atoms with Gasteiger partial charge in [-0.05, 0) is 103 Å². The number of aliphatic hydroxyl groups is 1. The number of aliphatic hydroxyl groups excluding tert-OH is 1. The summed E-state index contributed by atoms with van der Waals surface area (Å²) in [5.41, 5.74) is 2.59. The van der Waals surface area contributed by atoms with Crippen LogP contribution >= 0.6 is 7.82 Å². The Morgan fingerprint density at radius 3 is 1.80 bits per heavy atom. The van der Waals surface area contributed by atoms with Gasteiger partial charge in [-0.15, -0.1) is 0 Å². The SMILES string of the molecule is CCCCCc1oc(CCCCCCCCC(=O)OC[C@H](COP(=O)([O-])OCC[N+](C)(C)C)OC(=O)CCC/C=C\C/C=C\C/C=C\C/C=C\CCC[C@H](C)O)c(C)c1C. The molecule has 1 unspecified atom stereocenters. The van der Waals surface area contributed by atoms with Crippen molar-refractivity contribution in [3.63, 3.8) is 0 Å². The number of carbonyl (C=O) groups is 2. The Bertz CT molecular complexity index is 1460. The minimum atomic E-state index is -4.67. The van der Waals surface area contributed by atoms with Crippen molar-refractivity contribution in [2.75, 3.05) is 47.5 Å². The summed E-state index contributed by atoms with van der Waals surface area (Å²) in [6.07, 6.45) is 34.0. The summed E-state index contributed by atoms with van der Waals surface area (Å²) in [7, 11) is 1.08. The van der Waals surface area contributed by atoms with Crippen LogP contribution in [-0.2, 0) is 45.5 Å². The number of unbranched alkanes of at least 4 members (excludes halogenated alkanes) is 9. The molecule has 1 heterocycles. The maximum Gasteiger partial charge on any atom is 0.306 e. The molecule has 1 aromatic heterocycles. The number of hydrogen-bond donors (Lipinski definition) is 1. The molecule has 0 fully saturated rings. The maximum absolute atomic E-state index is 12.7. The van der Waals surface area contributed by atoms with E-state index in [0.717, 1.165) is 95.0 Å². The smallest absolute Gasteiger partial charge is 0.306 e. The third kappa shape index (κ3) is 31.1. The van der Waals surface area contributed by atoms with Gasteiger partial charge in [-0.2, -0.15) is 0 Å². The Morgan fingerprint density at radius 1 is 0.717 bits per heavy atom. The van der Waals surface area contributed by atoms with E-state index in [-0.39, 0.29) is 32.2 Å². The predicted octanol–water partition coefficient (Wildman–Crippen LogP) is 10.7. The average molecular weight is 864 g/mol. The molecule has 11 nitrogen and oxygen atoms in total. The van der Waals surface area contributed by atoms with Gasteiger partial charge in [0.2, 0.25) is 0 Å². The lowest BCUT2D eigenvalue weighted by Gasteiger charge is -2.28. The first kappa shape index (κ1) is 55.2. The van der Waals surface area contributed by atoms with E-state index in [1.807, 2.05) is 34.1 Å². The molecule has 12 heteroatoms. The molecule has 1 aromatic rings. The third-order valence-corrected chi connectivity index (χ3v) is 11.0. The van der Waals surface area contributed by atoms with E-state index < -0.39 is 32.5 Å². The van der Waals surface area contributed by atoms with E-state index in [1.54, 1.807) is 0 Å². The van der Waals surface area contributed by atoms with Gasteiger partial charge in [0, 0.05) is 25.7 Å². The van der Waals surface area contributed by atoms with E-state index in [1.165, 1.54) is 30.4 Å². The molecule has 1 rings (SSSR count). The van der Waals surface area contributed by atoms with Crippen LogP contribution in [0.25, 0.3) is 0 Å². The van der Waals surface area contributed by atoms with Crippen LogP contribution < -0.4 is 4.89 Å². The number of esters is 2. The number of hydrogen-bond acceptors (Lipinski definition) is 10. The van der Waals surface area contributed by atoms with Gasteiger partial charge >= 0.3 is 11.9 Å². The van der Waals surface area contributed by atoms with Crippen molar-refractivity contribution in [1.82, 2.24) is 0 Å². The topological polar surface area (TPSA) is 145 Å². The lowest BCUT2D eigenvalue weighted by atomic mass is 10.0. The number of rotatable bonds is 37. The molecule has 0 aliphatic carbocycles. The predicted molar refractivity (Wildman–Crippen MR) is 240 cm³/mol. The molecule has 0 radical (unpaired) electrons. The first-order valence-electron chi connectivity index (χ1n) is 22.7. The second-order valence-corrected chi connectivity index (χ2v) is 18.3. The molecule has 0 saturated carbocycles.